The summed E-state index contributed by atoms with van der Waals surface area (Å²) in [6.07, 6.45) is 1.16. The topological polar surface area (TPSA) is 29.3 Å². The van der Waals surface area contributed by atoms with E-state index in [4.69, 9.17) is 5.73 Å². The van der Waals surface area contributed by atoms with E-state index in [9.17, 15) is 0 Å². The number of rotatable bonds is 4. The number of para-hydroxylation sites is 1. The summed E-state index contributed by atoms with van der Waals surface area (Å²) >= 11 is 1.70. The standard InChI is InChI=1S/C10H16N2S/c1-3-8-12(2)13-10-7-5-4-6-9(10)11/h4-7H,3,8,11H2,1-2H3. The summed E-state index contributed by atoms with van der Waals surface area (Å²) in [7, 11) is 2.08. The van der Waals surface area contributed by atoms with Gasteiger partial charge in [0.1, 0.15) is 0 Å². The Kier molecular flexibility index (Phi) is 4.12. The van der Waals surface area contributed by atoms with Crippen LogP contribution in [0.1, 0.15) is 13.3 Å². The van der Waals surface area contributed by atoms with Crippen molar-refractivity contribution in [2.75, 3.05) is 19.3 Å². The molecule has 0 amide bonds. The lowest BCUT2D eigenvalue weighted by molar-refractivity contribution is 0.559. The zero-order chi connectivity index (χ0) is 9.68. The van der Waals surface area contributed by atoms with Crippen LogP contribution in [-0.4, -0.2) is 17.9 Å². The summed E-state index contributed by atoms with van der Waals surface area (Å²) in [5.74, 6) is 0. The molecule has 0 saturated carbocycles. The van der Waals surface area contributed by atoms with Gasteiger partial charge in [-0.1, -0.05) is 19.1 Å². The molecule has 0 aliphatic heterocycles. The molecule has 1 aromatic carbocycles. The minimum Gasteiger partial charge on any atom is -0.398 e. The van der Waals surface area contributed by atoms with Crippen molar-refractivity contribution in [3.63, 3.8) is 0 Å². The third-order valence-corrected chi connectivity index (χ3v) is 2.77. The van der Waals surface area contributed by atoms with Crippen LogP contribution < -0.4 is 5.73 Å². The molecule has 0 fully saturated rings. The molecule has 3 heteroatoms. The van der Waals surface area contributed by atoms with Gasteiger partial charge in [-0.2, -0.15) is 0 Å². The van der Waals surface area contributed by atoms with Gasteiger partial charge >= 0.3 is 0 Å². The van der Waals surface area contributed by atoms with Gasteiger partial charge in [0.25, 0.3) is 0 Å². The Morgan fingerprint density at radius 1 is 1.38 bits per heavy atom. The fourth-order valence-electron chi connectivity index (χ4n) is 1.09. The van der Waals surface area contributed by atoms with Crippen molar-refractivity contribution < 1.29 is 0 Å². The van der Waals surface area contributed by atoms with Crippen LogP contribution in [0.3, 0.4) is 0 Å². The van der Waals surface area contributed by atoms with Gasteiger partial charge < -0.3 is 5.73 Å². The van der Waals surface area contributed by atoms with Crippen molar-refractivity contribution in [2.24, 2.45) is 0 Å². The van der Waals surface area contributed by atoms with E-state index in [1.807, 2.05) is 24.3 Å². The van der Waals surface area contributed by atoms with Crippen LogP contribution >= 0.6 is 11.9 Å². The van der Waals surface area contributed by atoms with Gasteiger partial charge in [-0.3, -0.25) is 0 Å². The van der Waals surface area contributed by atoms with Crippen LogP contribution in [0.2, 0.25) is 0 Å². The fraction of sp³-hybridized carbons (Fsp3) is 0.400. The van der Waals surface area contributed by atoms with E-state index in [-0.39, 0.29) is 0 Å². The molecule has 2 nitrogen and oxygen atoms in total. The van der Waals surface area contributed by atoms with E-state index in [0.29, 0.717) is 0 Å². The average molecular weight is 196 g/mol. The van der Waals surface area contributed by atoms with Gasteiger partial charge in [0.05, 0.1) is 0 Å². The molecule has 0 aliphatic carbocycles. The summed E-state index contributed by atoms with van der Waals surface area (Å²) in [6.45, 7) is 3.25. The molecule has 13 heavy (non-hydrogen) atoms. The Morgan fingerprint density at radius 3 is 2.69 bits per heavy atom. The Morgan fingerprint density at radius 2 is 2.08 bits per heavy atom. The maximum absolute atomic E-state index is 5.82. The zero-order valence-electron chi connectivity index (χ0n) is 8.16. The first kappa shape index (κ1) is 10.4. The lowest BCUT2D eigenvalue weighted by Gasteiger charge is -2.14. The molecule has 1 aromatic rings. The highest BCUT2D eigenvalue weighted by atomic mass is 32.2. The van der Waals surface area contributed by atoms with E-state index in [1.54, 1.807) is 11.9 Å². The number of hydrogen-bond donors (Lipinski definition) is 1. The maximum atomic E-state index is 5.82. The predicted molar refractivity (Wildman–Crippen MR) is 59.6 cm³/mol. The number of anilines is 1. The first-order chi connectivity index (χ1) is 6.24. The van der Waals surface area contributed by atoms with Crippen LogP contribution in [0, 0.1) is 0 Å². The number of nitrogens with zero attached hydrogens (tertiary/aromatic N) is 1. The minimum atomic E-state index is 0.857. The predicted octanol–water partition coefficient (Wildman–Crippen LogP) is 2.62. The van der Waals surface area contributed by atoms with Gasteiger partial charge in [-0.25, -0.2) is 4.31 Å². The molecule has 0 saturated heterocycles. The van der Waals surface area contributed by atoms with E-state index < -0.39 is 0 Å². The van der Waals surface area contributed by atoms with Crippen molar-refractivity contribution in [1.82, 2.24) is 4.31 Å². The molecule has 0 radical (unpaired) electrons. The summed E-state index contributed by atoms with van der Waals surface area (Å²) in [5, 5.41) is 0. The van der Waals surface area contributed by atoms with Crippen LogP contribution in [0.5, 0.6) is 0 Å². The van der Waals surface area contributed by atoms with Crippen molar-refractivity contribution in [3.8, 4) is 0 Å². The van der Waals surface area contributed by atoms with Crippen LogP contribution in [0.25, 0.3) is 0 Å². The number of nitrogen functional groups attached to an aromatic ring is 1. The summed E-state index contributed by atoms with van der Waals surface area (Å²) in [6, 6.07) is 7.95. The molecule has 1 rings (SSSR count). The van der Waals surface area contributed by atoms with Crippen molar-refractivity contribution >= 4 is 17.6 Å². The lowest BCUT2D eigenvalue weighted by atomic mass is 10.3. The van der Waals surface area contributed by atoms with Crippen LogP contribution in [0.15, 0.2) is 29.2 Å². The van der Waals surface area contributed by atoms with E-state index in [0.717, 1.165) is 23.5 Å². The zero-order valence-corrected chi connectivity index (χ0v) is 8.97. The maximum Gasteiger partial charge on any atom is 0.0465 e. The molecule has 0 atom stereocenters. The molecule has 72 valence electrons. The SMILES string of the molecule is CCCN(C)Sc1ccccc1N. The highest BCUT2D eigenvalue weighted by Gasteiger charge is 2.02. The largest absolute Gasteiger partial charge is 0.398 e. The first-order valence-electron chi connectivity index (χ1n) is 4.47. The highest BCUT2D eigenvalue weighted by Crippen LogP contribution is 2.26. The van der Waals surface area contributed by atoms with Crippen LogP contribution in [-0.2, 0) is 0 Å². The Bertz CT molecular complexity index is 263. The summed E-state index contributed by atoms with van der Waals surface area (Å²) in [5.41, 5.74) is 6.67. The Labute approximate surface area is 84.2 Å². The molecular weight excluding hydrogens is 180 g/mol. The van der Waals surface area contributed by atoms with Gasteiger partial charge in [0, 0.05) is 17.1 Å². The Balaban J connectivity index is 2.58. The molecule has 0 unspecified atom stereocenters. The van der Waals surface area contributed by atoms with Gasteiger partial charge in [-0.15, -0.1) is 0 Å². The molecule has 0 aliphatic rings. The third-order valence-electron chi connectivity index (χ3n) is 1.71. The third kappa shape index (κ3) is 3.28. The Hall–Kier alpha value is -0.670. The average Bonchev–Trinajstić information content (AvgIpc) is 2.09. The monoisotopic (exact) mass is 196 g/mol. The smallest absolute Gasteiger partial charge is 0.0465 e. The number of nitrogens with two attached hydrogens (primary N) is 1. The molecule has 0 aromatic heterocycles. The first-order valence-corrected chi connectivity index (χ1v) is 5.25. The molecular formula is C10H16N2S. The van der Waals surface area contributed by atoms with E-state index in [2.05, 4.69) is 18.3 Å². The number of hydrogen-bond acceptors (Lipinski definition) is 3. The minimum absolute atomic E-state index is 0.857. The second-order valence-electron chi connectivity index (χ2n) is 2.98. The molecule has 0 heterocycles. The number of benzene rings is 1. The molecule has 0 bridgehead atoms. The second-order valence-corrected chi connectivity index (χ2v) is 4.23. The fourth-order valence-corrected chi connectivity index (χ4v) is 2.01. The molecule has 0 spiro atoms. The summed E-state index contributed by atoms with van der Waals surface area (Å²) < 4.78 is 2.20. The van der Waals surface area contributed by atoms with Gasteiger partial charge in [-0.05, 0) is 37.5 Å². The second kappa shape index (κ2) is 5.14. The lowest BCUT2D eigenvalue weighted by Crippen LogP contribution is -2.09. The molecule has 2 N–H and O–H groups in total. The van der Waals surface area contributed by atoms with Crippen molar-refractivity contribution in [2.45, 2.75) is 18.2 Å². The van der Waals surface area contributed by atoms with Crippen LogP contribution in [0.4, 0.5) is 5.69 Å². The van der Waals surface area contributed by atoms with Gasteiger partial charge in [0.15, 0.2) is 0 Å². The quantitative estimate of drug-likeness (QED) is 0.593. The van der Waals surface area contributed by atoms with Gasteiger partial charge in [0.2, 0.25) is 0 Å². The normalized spacial score (nSPS) is 10.7. The van der Waals surface area contributed by atoms with E-state index in [1.165, 1.54) is 0 Å². The highest BCUT2D eigenvalue weighted by molar-refractivity contribution is 7.97. The van der Waals surface area contributed by atoms with Crippen molar-refractivity contribution in [1.29, 1.82) is 0 Å². The van der Waals surface area contributed by atoms with Crippen molar-refractivity contribution in [3.05, 3.63) is 24.3 Å². The van der Waals surface area contributed by atoms with E-state index >= 15 is 0 Å². The summed E-state index contributed by atoms with van der Waals surface area (Å²) in [4.78, 5) is 1.14.